The van der Waals surface area contributed by atoms with E-state index in [9.17, 15) is 14.4 Å². The first-order valence-corrected chi connectivity index (χ1v) is 3.17. The van der Waals surface area contributed by atoms with Crippen molar-refractivity contribution in [3.05, 3.63) is 0 Å². The largest absolute Gasteiger partial charge is 0.481 e. The molecule has 0 aliphatic rings. The van der Waals surface area contributed by atoms with Gasteiger partial charge in [0.05, 0.1) is 12.8 Å². The van der Waals surface area contributed by atoms with E-state index in [4.69, 9.17) is 20.4 Å². The molecule has 98 valence electrons. The van der Waals surface area contributed by atoms with E-state index in [1.807, 2.05) is 0 Å². The third-order valence-corrected chi connectivity index (χ3v) is 1.29. The first-order chi connectivity index (χ1) is 5.78. The van der Waals surface area contributed by atoms with Crippen LogP contribution in [0, 0.1) is 0 Å². The molecule has 0 amide bonds. The number of rotatable bonds is 5. The second-order valence-electron chi connectivity index (χ2n) is 2.48. The lowest BCUT2D eigenvalue weighted by molar-refractivity contribution is -0.170. The van der Waals surface area contributed by atoms with Crippen molar-refractivity contribution in [1.29, 1.82) is 0 Å². The molecule has 0 spiro atoms. The van der Waals surface area contributed by atoms with Gasteiger partial charge in [-0.2, -0.15) is 0 Å². The fourth-order valence-corrected chi connectivity index (χ4v) is 0.714. The quantitative estimate of drug-likeness (QED) is 0.421. The Morgan fingerprint density at radius 3 is 1.25 bits per heavy atom. The van der Waals surface area contributed by atoms with E-state index < -0.39 is 36.4 Å². The minimum Gasteiger partial charge on any atom is -0.481 e. The van der Waals surface area contributed by atoms with Gasteiger partial charge < -0.3 is 31.4 Å². The standard InChI is InChI=1S/C6H8O7.ClH.2H2O/c7-3(8)1-6(13,5(11)12)2-4(9)10;;;/h13H,1-2H2,(H,7,8)(H,9,10)(H,11,12);1H;2*1H2. The summed E-state index contributed by atoms with van der Waals surface area (Å²) < 4.78 is 0. The Morgan fingerprint density at radius 2 is 1.12 bits per heavy atom. The zero-order valence-electron chi connectivity index (χ0n) is 7.84. The van der Waals surface area contributed by atoms with E-state index in [2.05, 4.69) is 0 Å². The molecule has 9 nitrogen and oxygen atoms in total. The van der Waals surface area contributed by atoms with Crippen LogP contribution in [-0.2, 0) is 14.4 Å². The third kappa shape index (κ3) is 7.94. The Labute approximate surface area is 95.3 Å². The van der Waals surface area contributed by atoms with E-state index in [0.717, 1.165) is 0 Å². The molecule has 0 aliphatic carbocycles. The summed E-state index contributed by atoms with van der Waals surface area (Å²) in [5.74, 6) is -5.02. The van der Waals surface area contributed by atoms with Crippen LogP contribution in [0.4, 0.5) is 0 Å². The summed E-state index contributed by atoms with van der Waals surface area (Å²) in [7, 11) is 0. The molecule has 0 fully saturated rings. The zero-order valence-corrected chi connectivity index (χ0v) is 8.65. The molecule has 0 aromatic carbocycles. The van der Waals surface area contributed by atoms with Gasteiger partial charge in [0, 0.05) is 0 Å². The Hall–Kier alpha value is -1.42. The molecule has 0 aromatic rings. The van der Waals surface area contributed by atoms with Gasteiger partial charge in [-0.15, -0.1) is 12.4 Å². The second kappa shape index (κ2) is 8.85. The lowest BCUT2D eigenvalue weighted by Crippen LogP contribution is -2.42. The van der Waals surface area contributed by atoms with Crippen molar-refractivity contribution in [1.82, 2.24) is 0 Å². The fraction of sp³-hybridized carbons (Fsp3) is 0.500. The summed E-state index contributed by atoms with van der Waals surface area (Å²) in [4.78, 5) is 30.5. The van der Waals surface area contributed by atoms with Crippen LogP contribution < -0.4 is 0 Å². The third-order valence-electron chi connectivity index (χ3n) is 1.29. The van der Waals surface area contributed by atoms with Gasteiger partial charge in [-0.25, -0.2) is 4.79 Å². The SMILES string of the molecule is Cl.O.O.O=C(O)CC(O)(CC(=O)O)C(=O)O. The summed E-state index contributed by atoms with van der Waals surface area (Å²) in [6, 6.07) is 0. The number of carboxylic acid groups (broad SMARTS) is 3. The molecule has 0 saturated heterocycles. The Balaban J connectivity index is -0.000000240. The summed E-state index contributed by atoms with van der Waals surface area (Å²) in [5.41, 5.74) is -2.74. The normalized spacial score (nSPS) is 8.81. The van der Waals surface area contributed by atoms with Gasteiger partial charge in [-0.1, -0.05) is 0 Å². The number of carbonyl (C=O) groups is 3. The molecule has 0 heterocycles. The van der Waals surface area contributed by atoms with Crippen molar-refractivity contribution in [2.75, 3.05) is 0 Å². The summed E-state index contributed by atoms with van der Waals surface area (Å²) >= 11 is 0. The molecule has 0 rings (SSSR count). The van der Waals surface area contributed by atoms with Gasteiger partial charge >= 0.3 is 17.9 Å². The van der Waals surface area contributed by atoms with Crippen LogP contribution >= 0.6 is 12.4 Å². The lowest BCUT2D eigenvalue weighted by Gasteiger charge is -2.18. The van der Waals surface area contributed by atoms with E-state index in [1.54, 1.807) is 0 Å². The van der Waals surface area contributed by atoms with Crippen LogP contribution in [0.2, 0.25) is 0 Å². The van der Waals surface area contributed by atoms with Crippen LogP contribution in [0.3, 0.4) is 0 Å². The highest BCUT2D eigenvalue weighted by Gasteiger charge is 2.40. The van der Waals surface area contributed by atoms with E-state index in [0.29, 0.717) is 0 Å². The minimum absolute atomic E-state index is 0. The molecule has 16 heavy (non-hydrogen) atoms. The van der Waals surface area contributed by atoms with Crippen molar-refractivity contribution < 1.29 is 45.8 Å². The van der Waals surface area contributed by atoms with Crippen LogP contribution in [0.1, 0.15) is 12.8 Å². The maximum atomic E-state index is 10.3. The first-order valence-electron chi connectivity index (χ1n) is 3.17. The van der Waals surface area contributed by atoms with Crippen LogP contribution in [0.15, 0.2) is 0 Å². The van der Waals surface area contributed by atoms with Gasteiger partial charge in [-0.3, -0.25) is 9.59 Å². The Kier molecular flexibility index (Phi) is 13.3. The zero-order chi connectivity index (χ0) is 10.6. The number of carboxylic acids is 3. The number of aliphatic carboxylic acids is 3. The van der Waals surface area contributed by atoms with Crippen molar-refractivity contribution in [3.63, 3.8) is 0 Å². The fourth-order valence-electron chi connectivity index (χ4n) is 0.714. The second-order valence-corrected chi connectivity index (χ2v) is 2.48. The van der Waals surface area contributed by atoms with Crippen LogP contribution in [-0.4, -0.2) is 54.9 Å². The van der Waals surface area contributed by atoms with Gasteiger partial charge in [0.2, 0.25) is 0 Å². The van der Waals surface area contributed by atoms with Crippen molar-refractivity contribution >= 4 is 30.3 Å². The highest BCUT2D eigenvalue weighted by Crippen LogP contribution is 2.15. The van der Waals surface area contributed by atoms with Gasteiger partial charge in [0.1, 0.15) is 0 Å². The molecule has 0 unspecified atom stereocenters. The highest BCUT2D eigenvalue weighted by molar-refractivity contribution is 5.88. The number of aliphatic hydroxyl groups is 1. The molecular weight excluding hydrogens is 252 g/mol. The minimum atomic E-state index is -2.74. The molecule has 10 heteroatoms. The van der Waals surface area contributed by atoms with E-state index >= 15 is 0 Å². The van der Waals surface area contributed by atoms with Gasteiger partial charge in [0.25, 0.3) is 0 Å². The average Bonchev–Trinajstić information content (AvgIpc) is 1.82. The summed E-state index contributed by atoms with van der Waals surface area (Å²) in [5, 5.41) is 33.8. The van der Waals surface area contributed by atoms with E-state index in [-0.39, 0.29) is 23.4 Å². The van der Waals surface area contributed by atoms with Gasteiger partial charge in [0.15, 0.2) is 5.60 Å². The van der Waals surface area contributed by atoms with Crippen molar-refractivity contribution in [3.8, 4) is 0 Å². The number of hydrogen-bond donors (Lipinski definition) is 4. The molecule has 0 saturated carbocycles. The topological polar surface area (TPSA) is 195 Å². The van der Waals surface area contributed by atoms with Crippen LogP contribution in [0.25, 0.3) is 0 Å². The van der Waals surface area contributed by atoms with Gasteiger partial charge in [-0.05, 0) is 0 Å². The first kappa shape index (κ1) is 24.0. The Morgan fingerprint density at radius 1 is 0.875 bits per heavy atom. The molecular formula is C6H13ClO9. The predicted molar refractivity (Wildman–Crippen MR) is 51.6 cm³/mol. The molecule has 0 atom stereocenters. The number of halogens is 1. The molecule has 0 radical (unpaired) electrons. The average molecular weight is 265 g/mol. The van der Waals surface area contributed by atoms with Crippen LogP contribution in [0.5, 0.6) is 0 Å². The monoisotopic (exact) mass is 264 g/mol. The Bertz CT molecular complexity index is 234. The van der Waals surface area contributed by atoms with E-state index in [1.165, 1.54) is 0 Å². The summed E-state index contributed by atoms with van der Waals surface area (Å²) in [6.07, 6.45) is -2.29. The lowest BCUT2D eigenvalue weighted by atomic mass is 9.96. The number of hydrogen-bond acceptors (Lipinski definition) is 4. The molecule has 0 aromatic heterocycles. The highest BCUT2D eigenvalue weighted by atomic mass is 35.5. The predicted octanol–water partition coefficient (Wildman–Crippen LogP) is -2.48. The summed E-state index contributed by atoms with van der Waals surface area (Å²) in [6.45, 7) is 0. The maximum absolute atomic E-state index is 10.3. The maximum Gasteiger partial charge on any atom is 0.336 e. The molecule has 0 bridgehead atoms. The van der Waals surface area contributed by atoms with Crippen molar-refractivity contribution in [2.24, 2.45) is 0 Å². The molecule has 8 N–H and O–H groups in total. The molecule has 0 aliphatic heterocycles. The van der Waals surface area contributed by atoms with Crippen molar-refractivity contribution in [2.45, 2.75) is 18.4 Å². The smallest absolute Gasteiger partial charge is 0.336 e.